The molecule has 5 heteroatoms. The molecule has 2 aromatic carbocycles. The summed E-state index contributed by atoms with van der Waals surface area (Å²) in [7, 11) is 0. The van der Waals surface area contributed by atoms with Gasteiger partial charge in [0.2, 0.25) is 0 Å². The molecule has 0 saturated carbocycles. The SMILES string of the molecule is Clc1nc2ccccc2c2c(Cl)n(-c3ccccc3)nc12. The molecule has 0 aliphatic rings. The van der Waals surface area contributed by atoms with Crippen molar-refractivity contribution in [2.45, 2.75) is 0 Å². The van der Waals surface area contributed by atoms with Gasteiger partial charge in [0, 0.05) is 5.39 Å². The van der Waals surface area contributed by atoms with Crippen LogP contribution in [0.15, 0.2) is 54.6 Å². The lowest BCUT2D eigenvalue weighted by Crippen LogP contribution is -1.95. The number of nitrogens with zero attached hydrogens (tertiary/aromatic N) is 3. The minimum Gasteiger partial charge on any atom is -0.234 e. The van der Waals surface area contributed by atoms with Crippen molar-refractivity contribution < 1.29 is 0 Å². The molecular weight excluding hydrogens is 305 g/mol. The highest BCUT2D eigenvalue weighted by Crippen LogP contribution is 2.35. The summed E-state index contributed by atoms with van der Waals surface area (Å²) in [5.74, 6) is 0. The van der Waals surface area contributed by atoms with Crippen LogP contribution in [0.25, 0.3) is 27.5 Å². The quantitative estimate of drug-likeness (QED) is 0.469. The van der Waals surface area contributed by atoms with Crippen LogP contribution >= 0.6 is 23.2 Å². The van der Waals surface area contributed by atoms with Crippen molar-refractivity contribution in [2.75, 3.05) is 0 Å². The highest BCUT2D eigenvalue weighted by molar-refractivity contribution is 6.40. The van der Waals surface area contributed by atoms with E-state index in [4.69, 9.17) is 23.2 Å². The number of pyridine rings is 1. The fraction of sp³-hybridized carbons (Fsp3) is 0. The van der Waals surface area contributed by atoms with E-state index in [1.807, 2.05) is 54.6 Å². The van der Waals surface area contributed by atoms with E-state index in [0.29, 0.717) is 15.8 Å². The van der Waals surface area contributed by atoms with Gasteiger partial charge in [-0.2, -0.15) is 5.10 Å². The number of hydrogen-bond acceptors (Lipinski definition) is 2. The molecule has 102 valence electrons. The van der Waals surface area contributed by atoms with Crippen LogP contribution in [0.3, 0.4) is 0 Å². The van der Waals surface area contributed by atoms with Crippen molar-refractivity contribution in [3.63, 3.8) is 0 Å². The lowest BCUT2D eigenvalue weighted by Gasteiger charge is -2.02. The molecule has 0 unspecified atom stereocenters. The first-order valence-corrected chi connectivity index (χ1v) is 7.19. The number of aromatic nitrogens is 3. The molecule has 0 N–H and O–H groups in total. The zero-order valence-electron chi connectivity index (χ0n) is 10.8. The second-order valence-electron chi connectivity index (χ2n) is 4.68. The van der Waals surface area contributed by atoms with Gasteiger partial charge in [-0.1, -0.05) is 59.6 Å². The van der Waals surface area contributed by atoms with E-state index in [1.165, 1.54) is 0 Å². The van der Waals surface area contributed by atoms with E-state index in [-0.39, 0.29) is 0 Å². The zero-order chi connectivity index (χ0) is 14.4. The largest absolute Gasteiger partial charge is 0.234 e. The van der Waals surface area contributed by atoms with Gasteiger partial charge in [0.1, 0.15) is 10.7 Å². The normalized spacial score (nSPS) is 11.3. The molecule has 0 radical (unpaired) electrons. The van der Waals surface area contributed by atoms with Crippen LogP contribution in [0, 0.1) is 0 Å². The number of halogens is 2. The van der Waals surface area contributed by atoms with Crippen LogP contribution in [0.1, 0.15) is 0 Å². The Balaban J connectivity index is 2.16. The molecule has 4 aromatic rings. The van der Waals surface area contributed by atoms with Crippen molar-refractivity contribution in [2.24, 2.45) is 0 Å². The van der Waals surface area contributed by atoms with E-state index in [2.05, 4.69) is 10.1 Å². The van der Waals surface area contributed by atoms with Gasteiger partial charge in [-0.3, -0.25) is 0 Å². The van der Waals surface area contributed by atoms with Crippen molar-refractivity contribution in [3.8, 4) is 5.69 Å². The number of hydrogen-bond donors (Lipinski definition) is 0. The molecule has 0 aliphatic heterocycles. The molecular formula is C16H9Cl2N3. The Bertz CT molecular complexity index is 962. The van der Waals surface area contributed by atoms with Gasteiger partial charge in [-0.05, 0) is 18.2 Å². The van der Waals surface area contributed by atoms with Crippen molar-refractivity contribution >= 4 is 45.0 Å². The molecule has 21 heavy (non-hydrogen) atoms. The third-order valence-corrected chi connectivity index (χ3v) is 4.03. The fourth-order valence-corrected chi connectivity index (χ4v) is 3.01. The fourth-order valence-electron chi connectivity index (χ4n) is 2.46. The predicted octanol–water partition coefficient (Wildman–Crippen LogP) is 4.88. The molecule has 4 rings (SSSR count). The predicted molar refractivity (Wildman–Crippen MR) is 86.4 cm³/mol. The highest BCUT2D eigenvalue weighted by Gasteiger charge is 2.17. The second kappa shape index (κ2) is 4.72. The first-order valence-electron chi connectivity index (χ1n) is 6.43. The number of rotatable bonds is 1. The average Bonchev–Trinajstić information content (AvgIpc) is 2.87. The molecule has 2 heterocycles. The maximum Gasteiger partial charge on any atom is 0.157 e. The van der Waals surface area contributed by atoms with E-state index in [0.717, 1.165) is 22.0 Å². The molecule has 0 aliphatic carbocycles. The molecule has 0 spiro atoms. The second-order valence-corrected chi connectivity index (χ2v) is 5.40. The zero-order valence-corrected chi connectivity index (χ0v) is 12.3. The monoisotopic (exact) mass is 313 g/mol. The third kappa shape index (κ3) is 1.89. The van der Waals surface area contributed by atoms with Gasteiger partial charge in [-0.25, -0.2) is 9.67 Å². The van der Waals surface area contributed by atoms with Crippen LogP contribution in [0.4, 0.5) is 0 Å². The molecule has 2 aromatic heterocycles. The summed E-state index contributed by atoms with van der Waals surface area (Å²) in [4.78, 5) is 4.38. The van der Waals surface area contributed by atoms with Gasteiger partial charge in [0.05, 0.1) is 16.6 Å². The Morgan fingerprint density at radius 1 is 0.857 bits per heavy atom. The Kier molecular flexibility index (Phi) is 2.84. The smallest absolute Gasteiger partial charge is 0.157 e. The summed E-state index contributed by atoms with van der Waals surface area (Å²) >= 11 is 12.8. The summed E-state index contributed by atoms with van der Waals surface area (Å²) < 4.78 is 1.69. The molecule has 3 nitrogen and oxygen atoms in total. The average molecular weight is 314 g/mol. The molecule has 0 atom stereocenters. The van der Waals surface area contributed by atoms with Crippen molar-refractivity contribution in [1.82, 2.24) is 14.8 Å². The minimum absolute atomic E-state index is 0.361. The Morgan fingerprint density at radius 2 is 1.57 bits per heavy atom. The Labute approximate surface area is 130 Å². The van der Waals surface area contributed by atoms with Crippen LogP contribution in [-0.2, 0) is 0 Å². The van der Waals surface area contributed by atoms with E-state index >= 15 is 0 Å². The van der Waals surface area contributed by atoms with Gasteiger partial charge < -0.3 is 0 Å². The Morgan fingerprint density at radius 3 is 2.38 bits per heavy atom. The van der Waals surface area contributed by atoms with Gasteiger partial charge in [0.15, 0.2) is 5.15 Å². The van der Waals surface area contributed by atoms with Crippen molar-refractivity contribution in [3.05, 3.63) is 64.9 Å². The van der Waals surface area contributed by atoms with Gasteiger partial charge in [0.25, 0.3) is 0 Å². The first-order chi connectivity index (χ1) is 10.3. The summed E-state index contributed by atoms with van der Waals surface area (Å²) in [6, 6.07) is 17.5. The molecule has 0 saturated heterocycles. The van der Waals surface area contributed by atoms with Crippen LogP contribution in [0.2, 0.25) is 10.3 Å². The molecule has 0 amide bonds. The van der Waals surface area contributed by atoms with Crippen LogP contribution in [0.5, 0.6) is 0 Å². The summed E-state index contributed by atoms with van der Waals surface area (Å²) in [6.07, 6.45) is 0. The number of para-hydroxylation sites is 2. The van der Waals surface area contributed by atoms with Crippen LogP contribution in [-0.4, -0.2) is 14.8 Å². The van der Waals surface area contributed by atoms with E-state index in [1.54, 1.807) is 4.68 Å². The summed E-state index contributed by atoms with van der Waals surface area (Å²) in [5.41, 5.74) is 2.31. The van der Waals surface area contributed by atoms with Crippen molar-refractivity contribution in [1.29, 1.82) is 0 Å². The number of fused-ring (bicyclic) bond motifs is 3. The first kappa shape index (κ1) is 12.6. The third-order valence-electron chi connectivity index (χ3n) is 3.42. The van der Waals surface area contributed by atoms with Gasteiger partial charge in [-0.15, -0.1) is 0 Å². The topological polar surface area (TPSA) is 30.7 Å². The highest BCUT2D eigenvalue weighted by atomic mass is 35.5. The molecule has 0 bridgehead atoms. The number of benzene rings is 2. The maximum atomic E-state index is 6.56. The minimum atomic E-state index is 0.361. The standard InChI is InChI=1S/C16H9Cl2N3/c17-15-14-13(11-8-4-5-9-12(11)19-15)16(18)21(20-14)10-6-2-1-3-7-10/h1-9H. The van der Waals surface area contributed by atoms with Gasteiger partial charge >= 0.3 is 0 Å². The lowest BCUT2D eigenvalue weighted by atomic mass is 10.1. The van der Waals surface area contributed by atoms with E-state index < -0.39 is 0 Å². The lowest BCUT2D eigenvalue weighted by molar-refractivity contribution is 0.896. The van der Waals surface area contributed by atoms with E-state index in [9.17, 15) is 0 Å². The summed E-state index contributed by atoms with van der Waals surface area (Å²) in [6.45, 7) is 0. The maximum absolute atomic E-state index is 6.56. The van der Waals surface area contributed by atoms with Crippen LogP contribution < -0.4 is 0 Å². The summed E-state index contributed by atoms with van der Waals surface area (Å²) in [5, 5.41) is 7.20. The molecule has 0 fully saturated rings. The Hall–Kier alpha value is -2.10.